The maximum Gasteiger partial charge on any atom is 0.300 e. The molecule has 1 saturated heterocycles. The predicted molar refractivity (Wildman–Crippen MR) is 131 cm³/mol. The molecule has 1 amide bonds. The average Bonchev–Trinajstić information content (AvgIpc) is 3.06. The Morgan fingerprint density at radius 1 is 0.970 bits per heavy atom. The molecule has 5 nitrogen and oxygen atoms in total. The number of hydrogen-bond acceptors (Lipinski definition) is 4. The summed E-state index contributed by atoms with van der Waals surface area (Å²) in [6.45, 7) is 6.29. The standard InChI is InChI=1S/C26H22Cl2N2O3/c1-26(2,3)16-8-10-17(11-9-16)30-22(20-6-4-5-13-29-20)21(24(32)25(30)33)23(31)15-7-12-18(27)19(28)14-15/h4-14,22,31H,1-3H3/b23-21-. The number of rotatable bonds is 3. The van der Waals surface area contributed by atoms with Crippen molar-refractivity contribution in [1.29, 1.82) is 0 Å². The molecule has 1 unspecified atom stereocenters. The molecule has 2 aromatic carbocycles. The fourth-order valence-electron chi connectivity index (χ4n) is 3.84. The van der Waals surface area contributed by atoms with Crippen molar-refractivity contribution in [2.24, 2.45) is 0 Å². The van der Waals surface area contributed by atoms with Crippen molar-refractivity contribution in [3.63, 3.8) is 0 Å². The highest BCUT2D eigenvalue weighted by Crippen LogP contribution is 2.42. The number of pyridine rings is 1. The van der Waals surface area contributed by atoms with Gasteiger partial charge in [0.15, 0.2) is 0 Å². The van der Waals surface area contributed by atoms with Crippen LogP contribution in [0.5, 0.6) is 0 Å². The molecule has 7 heteroatoms. The number of aromatic nitrogens is 1. The van der Waals surface area contributed by atoms with E-state index in [9.17, 15) is 14.7 Å². The van der Waals surface area contributed by atoms with E-state index in [4.69, 9.17) is 23.2 Å². The van der Waals surface area contributed by atoms with E-state index in [0.29, 0.717) is 16.4 Å². The molecule has 2 heterocycles. The van der Waals surface area contributed by atoms with Crippen LogP contribution < -0.4 is 4.90 Å². The van der Waals surface area contributed by atoms with Gasteiger partial charge in [-0.15, -0.1) is 0 Å². The lowest BCUT2D eigenvalue weighted by Crippen LogP contribution is -2.30. The molecule has 1 aromatic heterocycles. The van der Waals surface area contributed by atoms with Gasteiger partial charge in [0, 0.05) is 17.4 Å². The number of nitrogens with zero attached hydrogens (tertiary/aromatic N) is 2. The van der Waals surface area contributed by atoms with E-state index in [1.165, 1.54) is 17.0 Å². The number of Topliss-reactive ketones (excluding diaryl/α,β-unsaturated/α-hetero) is 1. The van der Waals surface area contributed by atoms with Crippen LogP contribution in [0.3, 0.4) is 0 Å². The third-order valence-electron chi connectivity index (χ3n) is 5.62. The van der Waals surface area contributed by atoms with Gasteiger partial charge in [-0.2, -0.15) is 0 Å². The number of halogens is 2. The van der Waals surface area contributed by atoms with Gasteiger partial charge in [-0.1, -0.05) is 62.2 Å². The Balaban J connectivity index is 1.90. The number of carbonyl (C=O) groups is 2. The number of aliphatic hydroxyl groups is 1. The smallest absolute Gasteiger partial charge is 0.300 e. The molecule has 0 aliphatic carbocycles. The Labute approximate surface area is 202 Å². The summed E-state index contributed by atoms with van der Waals surface area (Å²) < 4.78 is 0. The van der Waals surface area contributed by atoms with Crippen LogP contribution in [0.4, 0.5) is 5.69 Å². The molecule has 0 bridgehead atoms. The van der Waals surface area contributed by atoms with E-state index in [1.807, 2.05) is 12.1 Å². The fraction of sp³-hybridized carbons (Fsp3) is 0.192. The lowest BCUT2D eigenvalue weighted by molar-refractivity contribution is -0.132. The van der Waals surface area contributed by atoms with Crippen LogP contribution in [0, 0.1) is 0 Å². The van der Waals surface area contributed by atoms with Gasteiger partial charge >= 0.3 is 0 Å². The zero-order chi connectivity index (χ0) is 23.9. The normalized spacial score (nSPS) is 18.1. The zero-order valence-corrected chi connectivity index (χ0v) is 19.9. The van der Waals surface area contributed by atoms with E-state index >= 15 is 0 Å². The largest absolute Gasteiger partial charge is 0.507 e. The summed E-state index contributed by atoms with van der Waals surface area (Å²) in [7, 11) is 0. The van der Waals surface area contributed by atoms with E-state index in [0.717, 1.165) is 5.56 Å². The number of amides is 1. The molecule has 1 aliphatic rings. The first kappa shape index (κ1) is 23.0. The molecule has 1 fully saturated rings. The monoisotopic (exact) mass is 480 g/mol. The number of anilines is 1. The van der Waals surface area contributed by atoms with E-state index in [-0.39, 0.29) is 27.3 Å². The molecule has 33 heavy (non-hydrogen) atoms. The Kier molecular flexibility index (Phi) is 6.04. The van der Waals surface area contributed by atoms with Crippen molar-refractivity contribution >= 4 is 46.3 Å². The van der Waals surface area contributed by atoms with Gasteiger partial charge in [0.1, 0.15) is 11.8 Å². The van der Waals surface area contributed by atoms with Gasteiger partial charge in [0.25, 0.3) is 11.7 Å². The van der Waals surface area contributed by atoms with Crippen molar-refractivity contribution in [2.75, 3.05) is 4.90 Å². The number of carbonyl (C=O) groups excluding carboxylic acids is 2. The topological polar surface area (TPSA) is 70.5 Å². The lowest BCUT2D eigenvalue weighted by atomic mass is 9.87. The molecular formula is C26H22Cl2N2O3. The van der Waals surface area contributed by atoms with Crippen molar-refractivity contribution < 1.29 is 14.7 Å². The Morgan fingerprint density at radius 2 is 1.67 bits per heavy atom. The second-order valence-electron chi connectivity index (χ2n) is 8.85. The molecule has 1 N–H and O–H groups in total. The SMILES string of the molecule is CC(C)(C)c1ccc(N2C(=O)C(=O)/C(=C(\O)c3ccc(Cl)c(Cl)c3)C2c2ccccn2)cc1. The van der Waals surface area contributed by atoms with Gasteiger partial charge < -0.3 is 5.11 Å². The highest BCUT2D eigenvalue weighted by Gasteiger charge is 2.47. The number of benzene rings is 2. The third kappa shape index (κ3) is 4.26. The summed E-state index contributed by atoms with van der Waals surface area (Å²) in [5, 5.41) is 11.7. The molecule has 168 valence electrons. The maximum atomic E-state index is 13.2. The molecule has 4 rings (SSSR count). The minimum Gasteiger partial charge on any atom is -0.507 e. The zero-order valence-electron chi connectivity index (χ0n) is 18.3. The summed E-state index contributed by atoms with van der Waals surface area (Å²) in [4.78, 5) is 32.1. The Morgan fingerprint density at radius 3 is 2.24 bits per heavy atom. The van der Waals surface area contributed by atoms with Crippen LogP contribution in [0.2, 0.25) is 10.0 Å². The van der Waals surface area contributed by atoms with Crippen molar-refractivity contribution in [2.45, 2.75) is 32.2 Å². The van der Waals surface area contributed by atoms with Crippen molar-refractivity contribution in [3.05, 3.63) is 99.3 Å². The van der Waals surface area contributed by atoms with E-state index < -0.39 is 17.7 Å². The molecule has 3 aromatic rings. The first-order chi connectivity index (χ1) is 15.6. The second kappa shape index (κ2) is 8.65. The number of hydrogen-bond donors (Lipinski definition) is 1. The van der Waals surface area contributed by atoms with Crippen LogP contribution in [0.15, 0.2) is 72.4 Å². The minimum atomic E-state index is -0.902. The van der Waals surface area contributed by atoms with E-state index in [1.54, 1.807) is 42.6 Å². The molecule has 1 aliphatic heterocycles. The summed E-state index contributed by atoms with van der Waals surface area (Å²) in [6.07, 6.45) is 1.58. The summed E-state index contributed by atoms with van der Waals surface area (Å²) >= 11 is 12.1. The van der Waals surface area contributed by atoms with Crippen LogP contribution in [-0.2, 0) is 15.0 Å². The third-order valence-corrected chi connectivity index (χ3v) is 6.36. The Hall–Kier alpha value is -3.15. The molecule has 0 radical (unpaired) electrons. The minimum absolute atomic E-state index is 0.0583. The lowest BCUT2D eigenvalue weighted by Gasteiger charge is -2.26. The van der Waals surface area contributed by atoms with Crippen LogP contribution >= 0.6 is 23.2 Å². The number of aliphatic hydroxyl groups excluding tert-OH is 1. The van der Waals surface area contributed by atoms with Crippen LogP contribution in [0.1, 0.15) is 43.6 Å². The Bertz CT molecular complexity index is 1260. The van der Waals surface area contributed by atoms with Gasteiger partial charge in [0.2, 0.25) is 0 Å². The molecular weight excluding hydrogens is 459 g/mol. The van der Waals surface area contributed by atoms with Gasteiger partial charge in [0.05, 0.1) is 21.3 Å². The van der Waals surface area contributed by atoms with Gasteiger partial charge in [-0.05, 0) is 53.4 Å². The van der Waals surface area contributed by atoms with Gasteiger partial charge in [-0.25, -0.2) is 0 Å². The predicted octanol–water partition coefficient (Wildman–Crippen LogP) is 6.31. The van der Waals surface area contributed by atoms with Crippen molar-refractivity contribution in [3.8, 4) is 0 Å². The number of ketones is 1. The molecule has 1 atom stereocenters. The second-order valence-corrected chi connectivity index (χ2v) is 9.66. The maximum absolute atomic E-state index is 13.2. The molecule has 0 spiro atoms. The van der Waals surface area contributed by atoms with Crippen LogP contribution in [-0.4, -0.2) is 21.8 Å². The first-order valence-corrected chi connectivity index (χ1v) is 11.1. The molecule has 0 saturated carbocycles. The highest BCUT2D eigenvalue weighted by molar-refractivity contribution is 6.51. The van der Waals surface area contributed by atoms with Gasteiger partial charge in [-0.3, -0.25) is 19.5 Å². The first-order valence-electron chi connectivity index (χ1n) is 10.4. The van der Waals surface area contributed by atoms with Crippen LogP contribution in [0.25, 0.3) is 5.76 Å². The van der Waals surface area contributed by atoms with Crippen molar-refractivity contribution in [1.82, 2.24) is 4.98 Å². The fourth-order valence-corrected chi connectivity index (χ4v) is 4.14. The quantitative estimate of drug-likeness (QED) is 0.270. The highest BCUT2D eigenvalue weighted by atomic mass is 35.5. The van der Waals surface area contributed by atoms with E-state index in [2.05, 4.69) is 25.8 Å². The summed E-state index contributed by atoms with van der Waals surface area (Å²) in [5.41, 5.74) is 2.24. The summed E-state index contributed by atoms with van der Waals surface area (Å²) in [6, 6.07) is 16.3. The summed E-state index contributed by atoms with van der Waals surface area (Å²) in [5.74, 6) is -1.87. The average molecular weight is 481 g/mol.